The number of carbonyl (C=O) groups is 1. The number of piperidine rings is 1. The number of carbonyl (C=O) groups excluding carboxylic acids is 1. The number of hydrogen-bond donors (Lipinski definition) is 1. The van der Waals surface area contributed by atoms with Crippen molar-refractivity contribution in [3.05, 3.63) is 34.8 Å². The molecule has 1 aliphatic rings. The summed E-state index contributed by atoms with van der Waals surface area (Å²) < 4.78 is 27.0. The molecule has 0 aliphatic carbocycles. The molecule has 1 N–H and O–H groups in total. The molecule has 0 spiro atoms. The normalized spacial score (nSPS) is 16.0. The molecule has 0 radical (unpaired) electrons. The molecule has 140 valence electrons. The number of amides is 1. The molecule has 1 aromatic carbocycles. The predicted molar refractivity (Wildman–Crippen MR) is 101 cm³/mol. The molecule has 1 aliphatic heterocycles. The second-order valence-electron chi connectivity index (χ2n) is 6.55. The lowest BCUT2D eigenvalue weighted by molar-refractivity contribution is 0.102. The molecule has 2 heterocycles. The lowest BCUT2D eigenvalue weighted by Gasteiger charge is -2.26. The zero-order valence-corrected chi connectivity index (χ0v) is 16.4. The van der Waals surface area contributed by atoms with Gasteiger partial charge in [-0.15, -0.1) is 10.2 Å². The number of sulfonamides is 1. The third-order valence-electron chi connectivity index (χ3n) is 4.20. The summed E-state index contributed by atoms with van der Waals surface area (Å²) in [6.45, 7) is 5.06. The number of nitrogens with one attached hydrogen (secondary N) is 1. The van der Waals surface area contributed by atoms with Gasteiger partial charge in [0.05, 0.1) is 4.90 Å². The van der Waals surface area contributed by atoms with Crippen molar-refractivity contribution < 1.29 is 13.2 Å². The van der Waals surface area contributed by atoms with E-state index < -0.39 is 15.9 Å². The van der Waals surface area contributed by atoms with Crippen molar-refractivity contribution >= 4 is 32.4 Å². The Morgan fingerprint density at radius 1 is 1.19 bits per heavy atom. The topological polar surface area (TPSA) is 92.3 Å². The van der Waals surface area contributed by atoms with Gasteiger partial charge in [0.25, 0.3) is 5.91 Å². The number of rotatable bonds is 5. The SMILES string of the molecule is CC(C)c1nnc(NC(=O)c2cccc(S(=O)(=O)N3CCCCC3)c2)s1. The second-order valence-corrected chi connectivity index (χ2v) is 9.49. The molecule has 0 atom stereocenters. The molecular weight excluding hydrogens is 372 g/mol. The van der Waals surface area contributed by atoms with Gasteiger partial charge in [0.15, 0.2) is 0 Å². The van der Waals surface area contributed by atoms with E-state index in [1.54, 1.807) is 12.1 Å². The molecule has 1 amide bonds. The van der Waals surface area contributed by atoms with E-state index in [0.29, 0.717) is 18.2 Å². The number of benzene rings is 1. The van der Waals surface area contributed by atoms with E-state index in [9.17, 15) is 13.2 Å². The van der Waals surface area contributed by atoms with Crippen LogP contribution in [0.25, 0.3) is 0 Å². The minimum absolute atomic E-state index is 0.146. The van der Waals surface area contributed by atoms with Crippen LogP contribution in [0.3, 0.4) is 0 Å². The fraction of sp³-hybridized carbons (Fsp3) is 0.471. The maximum atomic E-state index is 12.8. The molecule has 1 saturated heterocycles. The van der Waals surface area contributed by atoms with E-state index >= 15 is 0 Å². The first-order chi connectivity index (χ1) is 12.4. The van der Waals surface area contributed by atoms with Gasteiger partial charge in [0.2, 0.25) is 15.2 Å². The summed E-state index contributed by atoms with van der Waals surface area (Å²) in [4.78, 5) is 12.6. The Balaban J connectivity index is 1.78. The Hall–Kier alpha value is -1.84. The third-order valence-corrected chi connectivity index (χ3v) is 7.24. The summed E-state index contributed by atoms with van der Waals surface area (Å²) in [5.41, 5.74) is 0.282. The molecule has 0 unspecified atom stereocenters. The lowest BCUT2D eigenvalue weighted by atomic mass is 10.2. The Kier molecular flexibility index (Phi) is 5.69. The predicted octanol–water partition coefficient (Wildman–Crippen LogP) is 3.09. The summed E-state index contributed by atoms with van der Waals surface area (Å²) >= 11 is 1.32. The van der Waals surface area contributed by atoms with Gasteiger partial charge in [0.1, 0.15) is 5.01 Å². The Labute approximate surface area is 157 Å². The fourth-order valence-corrected chi connectivity index (χ4v) is 5.04. The standard InChI is InChI=1S/C17H22N4O3S2/c1-12(2)16-19-20-17(25-16)18-15(22)13-7-6-8-14(11-13)26(23,24)21-9-4-3-5-10-21/h6-8,11-12H,3-5,9-10H2,1-2H3,(H,18,20,22). The Bertz CT molecular complexity index is 887. The highest BCUT2D eigenvalue weighted by Gasteiger charge is 2.26. The van der Waals surface area contributed by atoms with Crippen molar-refractivity contribution in [2.24, 2.45) is 0 Å². The molecule has 2 aromatic rings. The summed E-state index contributed by atoms with van der Waals surface area (Å²) in [6.07, 6.45) is 2.79. The molecule has 3 rings (SSSR count). The first-order valence-corrected chi connectivity index (χ1v) is 10.9. The Morgan fingerprint density at radius 2 is 1.92 bits per heavy atom. The van der Waals surface area contributed by atoms with E-state index in [2.05, 4.69) is 15.5 Å². The van der Waals surface area contributed by atoms with Crippen molar-refractivity contribution in [2.75, 3.05) is 18.4 Å². The molecule has 0 bridgehead atoms. The maximum Gasteiger partial charge on any atom is 0.257 e. The summed E-state index contributed by atoms with van der Waals surface area (Å²) in [5, 5.41) is 11.9. The maximum absolute atomic E-state index is 12.8. The summed E-state index contributed by atoms with van der Waals surface area (Å²) in [5.74, 6) is -0.164. The quantitative estimate of drug-likeness (QED) is 0.841. The van der Waals surface area contributed by atoms with Gasteiger partial charge in [-0.1, -0.05) is 37.7 Å². The zero-order valence-electron chi connectivity index (χ0n) is 14.8. The van der Waals surface area contributed by atoms with Crippen LogP contribution in [-0.2, 0) is 10.0 Å². The Morgan fingerprint density at radius 3 is 2.58 bits per heavy atom. The molecule has 26 heavy (non-hydrogen) atoms. The van der Waals surface area contributed by atoms with Crippen molar-refractivity contribution in [2.45, 2.75) is 43.9 Å². The van der Waals surface area contributed by atoms with E-state index in [4.69, 9.17) is 0 Å². The smallest absolute Gasteiger partial charge is 0.257 e. The minimum atomic E-state index is -3.57. The van der Waals surface area contributed by atoms with Crippen LogP contribution in [0.1, 0.15) is 54.4 Å². The lowest BCUT2D eigenvalue weighted by Crippen LogP contribution is -2.35. The molecule has 1 fully saturated rings. The van der Waals surface area contributed by atoms with Crippen LogP contribution in [-0.4, -0.2) is 41.9 Å². The highest BCUT2D eigenvalue weighted by atomic mass is 32.2. The molecule has 0 saturated carbocycles. The van der Waals surface area contributed by atoms with Gasteiger partial charge in [0, 0.05) is 24.6 Å². The summed E-state index contributed by atoms with van der Waals surface area (Å²) in [6, 6.07) is 6.13. The van der Waals surface area contributed by atoms with Crippen molar-refractivity contribution in [1.82, 2.24) is 14.5 Å². The highest BCUT2D eigenvalue weighted by Crippen LogP contribution is 2.24. The average Bonchev–Trinajstić information content (AvgIpc) is 3.11. The van der Waals surface area contributed by atoms with Crippen molar-refractivity contribution in [3.63, 3.8) is 0 Å². The third kappa shape index (κ3) is 4.11. The molecule has 7 nitrogen and oxygen atoms in total. The van der Waals surface area contributed by atoms with Gasteiger partial charge >= 0.3 is 0 Å². The van der Waals surface area contributed by atoms with E-state index in [0.717, 1.165) is 24.3 Å². The van der Waals surface area contributed by atoms with Crippen LogP contribution in [0, 0.1) is 0 Å². The van der Waals surface area contributed by atoms with Crippen molar-refractivity contribution in [3.8, 4) is 0 Å². The average molecular weight is 395 g/mol. The monoisotopic (exact) mass is 394 g/mol. The van der Waals surface area contributed by atoms with E-state index in [-0.39, 0.29) is 16.4 Å². The number of anilines is 1. The van der Waals surface area contributed by atoms with Gasteiger partial charge in [-0.2, -0.15) is 4.31 Å². The zero-order chi connectivity index (χ0) is 18.7. The van der Waals surface area contributed by atoms with Crippen LogP contribution in [0.2, 0.25) is 0 Å². The molecule has 9 heteroatoms. The first-order valence-electron chi connectivity index (χ1n) is 8.63. The van der Waals surface area contributed by atoms with Crippen LogP contribution >= 0.6 is 11.3 Å². The van der Waals surface area contributed by atoms with Crippen LogP contribution in [0.5, 0.6) is 0 Å². The molecular formula is C17H22N4O3S2. The van der Waals surface area contributed by atoms with Crippen LogP contribution < -0.4 is 5.32 Å². The van der Waals surface area contributed by atoms with Crippen molar-refractivity contribution in [1.29, 1.82) is 0 Å². The number of nitrogens with zero attached hydrogens (tertiary/aromatic N) is 3. The van der Waals surface area contributed by atoms with Gasteiger partial charge in [-0.25, -0.2) is 8.42 Å². The first kappa shape index (κ1) is 18.9. The number of hydrogen-bond acceptors (Lipinski definition) is 6. The van der Waals surface area contributed by atoms with Gasteiger partial charge in [-0.3, -0.25) is 10.1 Å². The van der Waals surface area contributed by atoms with Crippen LogP contribution in [0.4, 0.5) is 5.13 Å². The van der Waals surface area contributed by atoms with E-state index in [1.165, 1.54) is 27.8 Å². The highest BCUT2D eigenvalue weighted by molar-refractivity contribution is 7.89. The fourth-order valence-electron chi connectivity index (χ4n) is 2.74. The van der Waals surface area contributed by atoms with Crippen LogP contribution in [0.15, 0.2) is 29.2 Å². The second kappa shape index (κ2) is 7.81. The van der Waals surface area contributed by atoms with E-state index in [1.807, 2.05) is 13.8 Å². The van der Waals surface area contributed by atoms with Gasteiger partial charge in [-0.05, 0) is 31.0 Å². The van der Waals surface area contributed by atoms with Gasteiger partial charge < -0.3 is 0 Å². The largest absolute Gasteiger partial charge is 0.296 e. The minimum Gasteiger partial charge on any atom is -0.296 e. The number of aromatic nitrogens is 2. The molecule has 1 aromatic heterocycles. The summed E-state index contributed by atoms with van der Waals surface area (Å²) in [7, 11) is -3.57.